The first-order valence-corrected chi connectivity index (χ1v) is 4.93. The average molecular weight is 243 g/mol. The summed E-state index contributed by atoms with van der Waals surface area (Å²) in [5.41, 5.74) is 6.96. The molecule has 1 aromatic carbocycles. The van der Waals surface area contributed by atoms with Gasteiger partial charge in [-0.3, -0.25) is 0 Å². The first-order chi connectivity index (χ1) is 7.09. The summed E-state index contributed by atoms with van der Waals surface area (Å²) >= 11 is 10.6. The number of halogens is 1. The minimum atomic E-state index is -0.411. The lowest BCUT2D eigenvalue weighted by molar-refractivity contribution is 0.0536. The fourth-order valence-electron chi connectivity index (χ4n) is 1.43. The van der Waals surface area contributed by atoms with Crippen LogP contribution in [-0.4, -0.2) is 11.1 Å². The van der Waals surface area contributed by atoms with Crippen LogP contribution in [0.3, 0.4) is 0 Å². The Morgan fingerprint density at radius 3 is 3.00 bits per heavy atom. The Morgan fingerprint density at radius 2 is 2.33 bits per heavy atom. The number of anilines is 1. The van der Waals surface area contributed by atoms with Gasteiger partial charge >= 0.3 is 5.97 Å². The van der Waals surface area contributed by atoms with Crippen LogP contribution in [0.2, 0.25) is 5.02 Å². The molecule has 3 N–H and O–H groups in total. The third-order valence-electron chi connectivity index (χ3n) is 2.05. The Morgan fingerprint density at radius 1 is 1.60 bits per heavy atom. The number of benzene rings is 1. The highest BCUT2D eigenvalue weighted by Gasteiger charge is 2.26. The SMILES string of the molecule is NC(=S)Nc1c(Cl)ccc2c1C(=O)OC2. The van der Waals surface area contributed by atoms with E-state index in [-0.39, 0.29) is 11.7 Å². The molecule has 1 aromatic rings. The number of hydrogen-bond acceptors (Lipinski definition) is 3. The van der Waals surface area contributed by atoms with Crippen LogP contribution in [0.25, 0.3) is 0 Å². The molecule has 1 heterocycles. The van der Waals surface area contributed by atoms with Crippen LogP contribution in [0.5, 0.6) is 0 Å². The molecule has 2 rings (SSSR count). The second-order valence-corrected chi connectivity index (χ2v) is 3.87. The Bertz CT molecular complexity index is 462. The number of esters is 1. The van der Waals surface area contributed by atoms with Crippen LogP contribution in [0.1, 0.15) is 15.9 Å². The fraction of sp³-hybridized carbons (Fsp3) is 0.111. The number of ether oxygens (including phenoxy) is 1. The molecule has 0 saturated carbocycles. The molecular formula is C9H7ClN2O2S. The van der Waals surface area contributed by atoms with E-state index in [9.17, 15) is 4.79 Å². The number of carbonyl (C=O) groups excluding carboxylic acids is 1. The third-order valence-corrected chi connectivity index (χ3v) is 2.47. The normalized spacial score (nSPS) is 13.3. The molecule has 0 fully saturated rings. The van der Waals surface area contributed by atoms with E-state index in [1.807, 2.05) is 0 Å². The van der Waals surface area contributed by atoms with Gasteiger partial charge in [-0.1, -0.05) is 17.7 Å². The number of fused-ring (bicyclic) bond motifs is 1. The van der Waals surface area contributed by atoms with Gasteiger partial charge in [0.1, 0.15) is 6.61 Å². The molecule has 0 radical (unpaired) electrons. The van der Waals surface area contributed by atoms with E-state index in [4.69, 9.17) is 34.3 Å². The van der Waals surface area contributed by atoms with Crippen molar-refractivity contribution >= 4 is 40.6 Å². The van der Waals surface area contributed by atoms with Crippen LogP contribution in [-0.2, 0) is 11.3 Å². The highest BCUT2D eigenvalue weighted by Crippen LogP contribution is 2.33. The Kier molecular flexibility index (Phi) is 2.50. The topological polar surface area (TPSA) is 64.3 Å². The van der Waals surface area contributed by atoms with Crippen molar-refractivity contribution in [1.82, 2.24) is 0 Å². The number of carbonyl (C=O) groups is 1. The smallest absolute Gasteiger partial charge is 0.341 e. The van der Waals surface area contributed by atoms with E-state index in [2.05, 4.69) is 5.32 Å². The maximum atomic E-state index is 11.4. The standard InChI is InChI=1S/C9H7ClN2O2S/c10-5-2-1-4-3-14-8(13)6(4)7(5)12-9(11)15/h1-2H,3H2,(H3,11,12,15). The molecule has 0 atom stereocenters. The Hall–Kier alpha value is -1.33. The van der Waals surface area contributed by atoms with E-state index in [1.54, 1.807) is 12.1 Å². The second kappa shape index (κ2) is 3.67. The quantitative estimate of drug-likeness (QED) is 0.579. The van der Waals surface area contributed by atoms with Crippen molar-refractivity contribution in [2.75, 3.05) is 5.32 Å². The molecule has 4 nitrogen and oxygen atoms in total. The van der Waals surface area contributed by atoms with E-state index in [0.29, 0.717) is 16.3 Å². The predicted molar refractivity (Wildman–Crippen MR) is 61.0 cm³/mol. The average Bonchev–Trinajstić information content (AvgIpc) is 2.52. The van der Waals surface area contributed by atoms with Gasteiger partial charge in [0.15, 0.2) is 5.11 Å². The lowest BCUT2D eigenvalue weighted by Gasteiger charge is -2.09. The molecule has 6 heteroatoms. The van der Waals surface area contributed by atoms with Gasteiger partial charge in [0, 0.05) is 5.56 Å². The molecule has 0 bridgehead atoms. The molecule has 0 saturated heterocycles. The summed E-state index contributed by atoms with van der Waals surface area (Å²) in [7, 11) is 0. The molecular weight excluding hydrogens is 236 g/mol. The van der Waals surface area contributed by atoms with Gasteiger partial charge in [0.2, 0.25) is 0 Å². The zero-order chi connectivity index (χ0) is 11.0. The summed E-state index contributed by atoms with van der Waals surface area (Å²) in [6.45, 7) is 0.261. The molecule has 0 unspecified atom stereocenters. The van der Waals surface area contributed by atoms with Gasteiger partial charge in [0.05, 0.1) is 16.3 Å². The molecule has 15 heavy (non-hydrogen) atoms. The van der Waals surface area contributed by atoms with E-state index in [1.165, 1.54) is 0 Å². The van der Waals surface area contributed by atoms with Crippen molar-refractivity contribution in [1.29, 1.82) is 0 Å². The van der Waals surface area contributed by atoms with Crippen LogP contribution >= 0.6 is 23.8 Å². The molecule has 0 spiro atoms. The van der Waals surface area contributed by atoms with Crippen LogP contribution in [0.4, 0.5) is 5.69 Å². The number of nitrogens with one attached hydrogen (secondary N) is 1. The largest absolute Gasteiger partial charge is 0.457 e. The summed E-state index contributed by atoms with van der Waals surface area (Å²) in [6, 6.07) is 3.41. The fourth-order valence-corrected chi connectivity index (χ4v) is 1.74. The number of rotatable bonds is 1. The molecule has 78 valence electrons. The van der Waals surface area contributed by atoms with E-state index >= 15 is 0 Å². The lowest BCUT2D eigenvalue weighted by Crippen LogP contribution is -2.20. The summed E-state index contributed by atoms with van der Waals surface area (Å²) in [6.07, 6.45) is 0. The molecule has 1 aliphatic heterocycles. The molecule has 0 amide bonds. The van der Waals surface area contributed by atoms with Crippen molar-refractivity contribution in [3.05, 3.63) is 28.3 Å². The van der Waals surface area contributed by atoms with Gasteiger partial charge in [-0.15, -0.1) is 0 Å². The summed E-state index contributed by atoms with van der Waals surface area (Å²) in [4.78, 5) is 11.4. The van der Waals surface area contributed by atoms with Gasteiger partial charge in [0.25, 0.3) is 0 Å². The van der Waals surface area contributed by atoms with E-state index < -0.39 is 5.97 Å². The van der Waals surface area contributed by atoms with Gasteiger partial charge in [-0.05, 0) is 18.3 Å². The van der Waals surface area contributed by atoms with Crippen LogP contribution in [0, 0.1) is 0 Å². The highest BCUT2D eigenvalue weighted by molar-refractivity contribution is 7.80. The van der Waals surface area contributed by atoms with Crippen molar-refractivity contribution in [3.8, 4) is 0 Å². The first kappa shape index (κ1) is 10.2. The first-order valence-electron chi connectivity index (χ1n) is 4.14. The van der Waals surface area contributed by atoms with Gasteiger partial charge in [-0.2, -0.15) is 0 Å². The maximum absolute atomic E-state index is 11.4. The Labute approximate surface area is 96.3 Å². The summed E-state index contributed by atoms with van der Waals surface area (Å²) < 4.78 is 4.88. The third kappa shape index (κ3) is 1.75. The molecule has 1 aliphatic rings. The van der Waals surface area contributed by atoms with E-state index in [0.717, 1.165) is 5.56 Å². The predicted octanol–water partition coefficient (Wildman–Crippen LogP) is 1.67. The maximum Gasteiger partial charge on any atom is 0.341 e. The number of nitrogens with two attached hydrogens (primary N) is 1. The lowest BCUT2D eigenvalue weighted by atomic mass is 10.1. The summed E-state index contributed by atoms with van der Waals surface area (Å²) in [5, 5.41) is 3.13. The van der Waals surface area contributed by atoms with Crippen LogP contribution in [0.15, 0.2) is 12.1 Å². The van der Waals surface area contributed by atoms with Crippen molar-refractivity contribution in [2.24, 2.45) is 5.73 Å². The van der Waals surface area contributed by atoms with Crippen molar-refractivity contribution in [2.45, 2.75) is 6.61 Å². The minimum absolute atomic E-state index is 0.0602. The molecule has 0 aromatic heterocycles. The van der Waals surface area contributed by atoms with Crippen LogP contribution < -0.4 is 11.1 Å². The van der Waals surface area contributed by atoms with Gasteiger partial charge < -0.3 is 15.8 Å². The monoisotopic (exact) mass is 242 g/mol. The summed E-state index contributed by atoms with van der Waals surface area (Å²) in [5.74, 6) is -0.411. The van der Waals surface area contributed by atoms with Gasteiger partial charge in [-0.25, -0.2) is 4.79 Å². The number of cyclic esters (lactones) is 1. The van der Waals surface area contributed by atoms with Crippen molar-refractivity contribution < 1.29 is 9.53 Å². The zero-order valence-electron chi connectivity index (χ0n) is 7.54. The second-order valence-electron chi connectivity index (χ2n) is 3.02. The minimum Gasteiger partial charge on any atom is -0.457 e. The number of hydrogen-bond donors (Lipinski definition) is 2. The van der Waals surface area contributed by atoms with Crippen molar-refractivity contribution in [3.63, 3.8) is 0 Å². The molecule has 0 aliphatic carbocycles. The highest BCUT2D eigenvalue weighted by atomic mass is 35.5. The Balaban J connectivity index is 2.56. The number of thiocarbonyl (C=S) groups is 1. The zero-order valence-corrected chi connectivity index (χ0v) is 9.11.